The molecule has 0 fully saturated rings. The Morgan fingerprint density at radius 1 is 1.00 bits per heavy atom. The second-order valence-electron chi connectivity index (χ2n) is 5.50. The van der Waals surface area contributed by atoms with Crippen LogP contribution in [0.4, 0.5) is 13.2 Å². The number of halogens is 3. The smallest absolute Gasteiger partial charge is 0.289 e. The molecule has 0 saturated heterocycles. The Hall–Kier alpha value is -1.29. The third kappa shape index (κ3) is 6.65. The Morgan fingerprint density at radius 3 is 2.00 bits per heavy atom. The van der Waals surface area contributed by atoms with Crippen molar-refractivity contribution in [1.82, 2.24) is 4.90 Å². The first-order valence-corrected chi connectivity index (χ1v) is 8.03. The summed E-state index contributed by atoms with van der Waals surface area (Å²) in [6, 6.07) is 7.62. The molecule has 22 heavy (non-hydrogen) atoms. The molecule has 1 rings (SSSR count). The SMILES string of the molecule is CCCCN(CCCC)C(/C=C/c1ccccc1)C(F)(F)F. The number of hydrogen-bond donors (Lipinski definition) is 0. The van der Waals surface area contributed by atoms with Crippen molar-refractivity contribution in [1.29, 1.82) is 0 Å². The maximum Gasteiger partial charge on any atom is 0.407 e. The summed E-state index contributed by atoms with van der Waals surface area (Å²) in [4.78, 5) is 1.56. The lowest BCUT2D eigenvalue weighted by atomic mass is 10.1. The van der Waals surface area contributed by atoms with Gasteiger partial charge in [0, 0.05) is 0 Å². The minimum atomic E-state index is -4.24. The van der Waals surface area contributed by atoms with Crippen molar-refractivity contribution < 1.29 is 13.2 Å². The van der Waals surface area contributed by atoms with Crippen LogP contribution in [0, 0.1) is 0 Å². The van der Waals surface area contributed by atoms with Gasteiger partial charge in [0.15, 0.2) is 0 Å². The summed E-state index contributed by atoms with van der Waals surface area (Å²) in [7, 11) is 0. The standard InChI is InChI=1S/C18H26F3N/c1-3-5-14-22(15-6-4-2)17(18(19,20)21)13-12-16-10-8-7-9-11-16/h7-13,17H,3-6,14-15H2,1-2H3/b13-12+. The number of alkyl halides is 3. The lowest BCUT2D eigenvalue weighted by Gasteiger charge is -2.31. The first-order valence-electron chi connectivity index (χ1n) is 8.03. The number of unbranched alkanes of at least 4 members (excludes halogenated alkanes) is 2. The van der Waals surface area contributed by atoms with Crippen molar-refractivity contribution >= 4 is 6.08 Å². The Balaban J connectivity index is 2.90. The summed E-state index contributed by atoms with van der Waals surface area (Å²) in [5.41, 5.74) is 0.794. The van der Waals surface area contributed by atoms with Crippen LogP contribution in [0.15, 0.2) is 36.4 Å². The molecule has 1 aromatic carbocycles. The minimum absolute atomic E-state index is 0.486. The van der Waals surface area contributed by atoms with E-state index >= 15 is 0 Å². The maximum absolute atomic E-state index is 13.4. The van der Waals surface area contributed by atoms with Gasteiger partial charge in [-0.3, -0.25) is 4.90 Å². The number of rotatable bonds is 9. The molecular formula is C18H26F3N. The summed E-state index contributed by atoms with van der Waals surface area (Å²) in [5.74, 6) is 0. The van der Waals surface area contributed by atoms with E-state index in [0.717, 1.165) is 31.2 Å². The molecule has 0 aromatic heterocycles. The second-order valence-corrected chi connectivity index (χ2v) is 5.50. The van der Waals surface area contributed by atoms with Crippen molar-refractivity contribution in [3.05, 3.63) is 42.0 Å². The van der Waals surface area contributed by atoms with Gasteiger partial charge in [0.25, 0.3) is 0 Å². The van der Waals surface area contributed by atoms with Crippen LogP contribution in [0.5, 0.6) is 0 Å². The number of nitrogens with zero attached hydrogens (tertiary/aromatic N) is 1. The third-order valence-corrected chi connectivity index (χ3v) is 3.60. The van der Waals surface area contributed by atoms with E-state index in [1.165, 1.54) is 6.08 Å². The van der Waals surface area contributed by atoms with E-state index in [1.807, 2.05) is 44.2 Å². The molecule has 0 bridgehead atoms. The molecule has 0 saturated carbocycles. The molecule has 1 nitrogen and oxygen atoms in total. The van der Waals surface area contributed by atoms with Crippen LogP contribution in [0.25, 0.3) is 6.08 Å². The second kappa shape index (κ2) is 9.67. The third-order valence-electron chi connectivity index (χ3n) is 3.60. The zero-order valence-electron chi connectivity index (χ0n) is 13.4. The first kappa shape index (κ1) is 18.8. The van der Waals surface area contributed by atoms with Gasteiger partial charge < -0.3 is 0 Å². The summed E-state index contributed by atoms with van der Waals surface area (Å²) < 4.78 is 40.3. The zero-order valence-corrected chi connectivity index (χ0v) is 13.4. The molecule has 1 aromatic rings. The van der Waals surface area contributed by atoms with Crippen LogP contribution in [-0.4, -0.2) is 30.2 Å². The molecule has 0 aliphatic heterocycles. The molecule has 0 radical (unpaired) electrons. The minimum Gasteiger partial charge on any atom is -0.289 e. The fourth-order valence-electron chi connectivity index (χ4n) is 2.32. The lowest BCUT2D eigenvalue weighted by Crippen LogP contribution is -2.45. The summed E-state index contributed by atoms with van der Waals surface area (Å²) in [5, 5.41) is 0. The molecular weight excluding hydrogens is 287 g/mol. The fraction of sp³-hybridized carbons (Fsp3) is 0.556. The largest absolute Gasteiger partial charge is 0.407 e. The predicted octanol–water partition coefficient (Wildman–Crippen LogP) is 5.53. The molecule has 1 unspecified atom stereocenters. The normalized spacial score (nSPS) is 13.9. The van der Waals surface area contributed by atoms with E-state index in [0.29, 0.717) is 13.1 Å². The van der Waals surface area contributed by atoms with E-state index in [2.05, 4.69) is 0 Å². The number of benzene rings is 1. The van der Waals surface area contributed by atoms with Crippen LogP contribution in [-0.2, 0) is 0 Å². The highest BCUT2D eigenvalue weighted by atomic mass is 19.4. The zero-order chi connectivity index (χ0) is 16.4. The highest BCUT2D eigenvalue weighted by Gasteiger charge is 2.41. The van der Waals surface area contributed by atoms with E-state index in [1.54, 1.807) is 11.0 Å². The van der Waals surface area contributed by atoms with Gasteiger partial charge in [-0.1, -0.05) is 69.2 Å². The van der Waals surface area contributed by atoms with Crippen molar-refractivity contribution in [2.24, 2.45) is 0 Å². The first-order chi connectivity index (χ1) is 10.5. The Bertz CT molecular complexity index is 418. The number of hydrogen-bond acceptors (Lipinski definition) is 1. The molecule has 0 N–H and O–H groups in total. The molecule has 0 aliphatic carbocycles. The van der Waals surface area contributed by atoms with Crippen LogP contribution in [0.3, 0.4) is 0 Å². The van der Waals surface area contributed by atoms with Gasteiger partial charge in [0.1, 0.15) is 6.04 Å². The van der Waals surface area contributed by atoms with Crippen LogP contribution in [0.1, 0.15) is 45.1 Å². The molecule has 0 amide bonds. The van der Waals surface area contributed by atoms with Gasteiger partial charge in [-0.05, 0) is 31.5 Å². The van der Waals surface area contributed by atoms with E-state index in [9.17, 15) is 13.2 Å². The van der Waals surface area contributed by atoms with Crippen molar-refractivity contribution in [3.8, 4) is 0 Å². The van der Waals surface area contributed by atoms with Gasteiger partial charge in [-0.2, -0.15) is 13.2 Å². The monoisotopic (exact) mass is 313 g/mol. The highest BCUT2D eigenvalue weighted by Crippen LogP contribution is 2.27. The molecule has 1 atom stereocenters. The van der Waals surface area contributed by atoms with Gasteiger partial charge in [-0.15, -0.1) is 0 Å². The van der Waals surface area contributed by atoms with Crippen LogP contribution < -0.4 is 0 Å². The lowest BCUT2D eigenvalue weighted by molar-refractivity contribution is -0.170. The van der Waals surface area contributed by atoms with Crippen LogP contribution >= 0.6 is 0 Å². The summed E-state index contributed by atoms with van der Waals surface area (Å²) >= 11 is 0. The van der Waals surface area contributed by atoms with E-state index in [4.69, 9.17) is 0 Å². The Kier molecular flexibility index (Phi) is 8.25. The van der Waals surface area contributed by atoms with Gasteiger partial charge in [0.05, 0.1) is 0 Å². The van der Waals surface area contributed by atoms with E-state index in [-0.39, 0.29) is 0 Å². The van der Waals surface area contributed by atoms with Crippen molar-refractivity contribution in [2.45, 2.75) is 51.7 Å². The molecule has 0 heterocycles. The Labute approximate surface area is 131 Å². The topological polar surface area (TPSA) is 3.24 Å². The molecule has 124 valence electrons. The summed E-state index contributed by atoms with van der Waals surface area (Å²) in [6.45, 7) is 4.97. The quantitative estimate of drug-likeness (QED) is 0.579. The van der Waals surface area contributed by atoms with Gasteiger partial charge in [-0.25, -0.2) is 0 Å². The average molecular weight is 313 g/mol. The fourth-order valence-corrected chi connectivity index (χ4v) is 2.32. The molecule has 0 spiro atoms. The molecule has 0 aliphatic rings. The molecule has 4 heteroatoms. The van der Waals surface area contributed by atoms with Crippen LogP contribution in [0.2, 0.25) is 0 Å². The van der Waals surface area contributed by atoms with Crippen molar-refractivity contribution in [2.75, 3.05) is 13.1 Å². The Morgan fingerprint density at radius 2 is 1.55 bits per heavy atom. The van der Waals surface area contributed by atoms with Crippen molar-refractivity contribution in [3.63, 3.8) is 0 Å². The average Bonchev–Trinajstić information content (AvgIpc) is 2.49. The van der Waals surface area contributed by atoms with Gasteiger partial charge >= 0.3 is 6.18 Å². The highest BCUT2D eigenvalue weighted by molar-refractivity contribution is 5.49. The van der Waals surface area contributed by atoms with E-state index < -0.39 is 12.2 Å². The van der Waals surface area contributed by atoms with Gasteiger partial charge in [0.2, 0.25) is 0 Å². The maximum atomic E-state index is 13.4. The predicted molar refractivity (Wildman–Crippen MR) is 86.7 cm³/mol. The summed E-state index contributed by atoms with van der Waals surface area (Å²) in [6.07, 6.45) is 1.99.